The Kier molecular flexibility index (Phi) is 3.99. The Morgan fingerprint density at radius 1 is 1.33 bits per heavy atom. The van der Waals surface area contributed by atoms with Gasteiger partial charge in [0.2, 0.25) is 5.43 Å². The van der Waals surface area contributed by atoms with Crippen LogP contribution in [0.4, 0.5) is 10.1 Å². The molecule has 1 aromatic carbocycles. The Bertz CT molecular complexity index is 1010. The molecule has 0 saturated carbocycles. The number of nitrogens with zero attached hydrogens (tertiary/aromatic N) is 4. The number of aromatic nitrogens is 1. The highest BCUT2D eigenvalue weighted by atomic mass is 19.1. The minimum Gasteiger partial charge on any atom is -0.477 e. The molecule has 0 amide bonds. The topological polar surface area (TPSA) is 78.2 Å². The molecule has 8 nitrogen and oxygen atoms in total. The van der Waals surface area contributed by atoms with Crippen LogP contribution in [0.25, 0.3) is 10.9 Å². The van der Waals surface area contributed by atoms with Crippen LogP contribution in [0.15, 0.2) is 17.1 Å². The number of hydrogen-bond acceptors (Lipinski definition) is 6. The molecule has 9 heteroatoms. The second kappa shape index (κ2) is 6.12. The fourth-order valence-electron chi connectivity index (χ4n) is 3.72. The number of aromatic carboxylic acids is 1. The number of likely N-dealkylation sites (N-methyl/N-ethyl adjacent to an activating group) is 1. The summed E-state index contributed by atoms with van der Waals surface area (Å²) in [5.74, 6) is -1.64. The molecule has 1 aromatic heterocycles. The maximum atomic E-state index is 15.1. The number of ether oxygens (including phenoxy) is 1. The lowest BCUT2D eigenvalue weighted by Gasteiger charge is -2.40. The highest BCUT2D eigenvalue weighted by molar-refractivity contribution is 5.97. The summed E-state index contributed by atoms with van der Waals surface area (Å²) >= 11 is 0. The summed E-state index contributed by atoms with van der Waals surface area (Å²) in [6.45, 7) is 4.22. The van der Waals surface area contributed by atoms with E-state index in [9.17, 15) is 14.7 Å². The fourth-order valence-corrected chi connectivity index (χ4v) is 3.72. The van der Waals surface area contributed by atoms with E-state index in [1.54, 1.807) is 16.7 Å². The average Bonchev–Trinajstić information content (AvgIpc) is 2.61. The Labute approximate surface area is 154 Å². The molecular formula is C18H21FN4O4. The standard InChI is InChI=1S/C18H21FN4O4/c1-10-7-22(5-4-20(10)2)15-13(19)6-11-14-17(15)27-9-21(3)23(14)8-12(16(11)24)18(25)26/h6,8,10H,4-5,7,9H2,1-3H3,(H,25,26). The van der Waals surface area contributed by atoms with E-state index in [0.717, 1.165) is 12.6 Å². The lowest BCUT2D eigenvalue weighted by Crippen LogP contribution is -2.50. The molecule has 1 saturated heterocycles. The van der Waals surface area contributed by atoms with Crippen molar-refractivity contribution < 1.29 is 19.0 Å². The van der Waals surface area contributed by atoms with Gasteiger partial charge in [0.05, 0.1) is 5.39 Å². The fraction of sp³-hybridized carbons (Fsp3) is 0.444. The summed E-state index contributed by atoms with van der Waals surface area (Å²) in [5, 5.41) is 11.0. The number of halogens is 1. The van der Waals surface area contributed by atoms with Gasteiger partial charge in [0, 0.05) is 38.9 Å². The highest BCUT2D eigenvalue weighted by Crippen LogP contribution is 2.40. The number of carboxylic acid groups (broad SMARTS) is 1. The van der Waals surface area contributed by atoms with E-state index in [0.29, 0.717) is 24.3 Å². The summed E-state index contributed by atoms with van der Waals surface area (Å²) in [6.07, 6.45) is 1.27. The zero-order valence-corrected chi connectivity index (χ0v) is 15.4. The molecule has 2 aliphatic heterocycles. The monoisotopic (exact) mass is 376 g/mol. The van der Waals surface area contributed by atoms with Crippen LogP contribution in [0, 0.1) is 5.82 Å². The van der Waals surface area contributed by atoms with Gasteiger partial charge in [-0.3, -0.25) is 14.5 Å². The zero-order valence-electron chi connectivity index (χ0n) is 15.4. The van der Waals surface area contributed by atoms with E-state index < -0.39 is 22.8 Å². The quantitative estimate of drug-likeness (QED) is 0.834. The summed E-state index contributed by atoms with van der Waals surface area (Å²) < 4.78 is 22.5. The second-order valence-electron chi connectivity index (χ2n) is 7.16. The molecule has 2 aromatic rings. The Hall–Kier alpha value is -2.81. The first kappa shape index (κ1) is 17.6. The van der Waals surface area contributed by atoms with Gasteiger partial charge in [0.25, 0.3) is 0 Å². The van der Waals surface area contributed by atoms with Gasteiger partial charge in [-0.1, -0.05) is 0 Å². The number of piperazine rings is 1. The van der Waals surface area contributed by atoms with Crippen molar-refractivity contribution >= 4 is 22.6 Å². The van der Waals surface area contributed by atoms with Crippen molar-refractivity contribution in [1.82, 2.24) is 9.58 Å². The van der Waals surface area contributed by atoms with Crippen LogP contribution < -0.4 is 20.1 Å². The van der Waals surface area contributed by atoms with E-state index in [4.69, 9.17) is 4.74 Å². The van der Waals surface area contributed by atoms with Gasteiger partial charge < -0.3 is 19.6 Å². The largest absolute Gasteiger partial charge is 0.477 e. The second-order valence-corrected chi connectivity index (χ2v) is 7.16. The van der Waals surface area contributed by atoms with Gasteiger partial charge in [0.15, 0.2) is 18.3 Å². The van der Waals surface area contributed by atoms with Crippen LogP contribution in [0.5, 0.6) is 5.75 Å². The lowest BCUT2D eigenvalue weighted by atomic mass is 10.1. The van der Waals surface area contributed by atoms with Crippen molar-refractivity contribution in [2.24, 2.45) is 0 Å². The third-order valence-electron chi connectivity index (χ3n) is 5.42. The first-order valence-electron chi connectivity index (χ1n) is 8.74. The molecule has 1 N–H and O–H groups in total. The van der Waals surface area contributed by atoms with Gasteiger partial charge in [-0.15, -0.1) is 0 Å². The SMILES string of the molecule is CC1CN(c2c(F)cc3c(=O)c(C(=O)O)cn4c3c2OCN4C)CCN1C. The predicted molar refractivity (Wildman–Crippen MR) is 99.1 cm³/mol. The Balaban J connectivity index is 1.99. The van der Waals surface area contributed by atoms with Crippen molar-refractivity contribution in [2.45, 2.75) is 13.0 Å². The van der Waals surface area contributed by atoms with Gasteiger partial charge in [0.1, 0.15) is 16.8 Å². The summed E-state index contributed by atoms with van der Waals surface area (Å²) in [5.41, 5.74) is -0.401. The normalized spacial score (nSPS) is 20.1. The molecule has 1 unspecified atom stereocenters. The molecule has 27 heavy (non-hydrogen) atoms. The zero-order chi connectivity index (χ0) is 19.5. The lowest BCUT2D eigenvalue weighted by molar-refractivity contribution is 0.0694. The van der Waals surface area contributed by atoms with Crippen LogP contribution in [-0.2, 0) is 0 Å². The van der Waals surface area contributed by atoms with Gasteiger partial charge in [-0.05, 0) is 20.0 Å². The van der Waals surface area contributed by atoms with Crippen LogP contribution in [0.2, 0.25) is 0 Å². The van der Waals surface area contributed by atoms with E-state index in [1.807, 2.05) is 11.9 Å². The van der Waals surface area contributed by atoms with Crippen LogP contribution in [0.3, 0.4) is 0 Å². The number of carbonyl (C=O) groups is 1. The molecule has 0 radical (unpaired) electrons. The molecule has 0 bridgehead atoms. The van der Waals surface area contributed by atoms with E-state index >= 15 is 4.39 Å². The van der Waals surface area contributed by atoms with Gasteiger partial charge in [-0.2, -0.15) is 0 Å². The molecule has 144 valence electrons. The van der Waals surface area contributed by atoms with Crippen LogP contribution in [-0.4, -0.2) is 67.2 Å². The molecular weight excluding hydrogens is 355 g/mol. The molecule has 4 rings (SSSR count). The first-order chi connectivity index (χ1) is 12.8. The van der Waals surface area contributed by atoms with Crippen molar-refractivity contribution in [3.05, 3.63) is 33.9 Å². The third-order valence-corrected chi connectivity index (χ3v) is 5.42. The minimum atomic E-state index is -1.34. The van der Waals surface area contributed by atoms with E-state index in [2.05, 4.69) is 11.8 Å². The van der Waals surface area contributed by atoms with E-state index in [-0.39, 0.29) is 23.9 Å². The number of rotatable bonds is 2. The smallest absolute Gasteiger partial charge is 0.341 e. The van der Waals surface area contributed by atoms with Crippen molar-refractivity contribution in [3.63, 3.8) is 0 Å². The van der Waals surface area contributed by atoms with Crippen molar-refractivity contribution in [1.29, 1.82) is 0 Å². The number of benzene rings is 1. The minimum absolute atomic E-state index is 0.000115. The molecule has 0 spiro atoms. The number of anilines is 1. The summed E-state index contributed by atoms with van der Waals surface area (Å²) in [6, 6.07) is 1.37. The molecule has 0 aliphatic carbocycles. The van der Waals surface area contributed by atoms with E-state index in [1.165, 1.54) is 6.20 Å². The molecule has 1 atom stereocenters. The maximum absolute atomic E-state index is 15.1. The number of carboxylic acids is 1. The Morgan fingerprint density at radius 2 is 2.07 bits per heavy atom. The third kappa shape index (κ3) is 2.61. The molecule has 2 aliphatic rings. The highest BCUT2D eigenvalue weighted by Gasteiger charge is 2.31. The van der Waals surface area contributed by atoms with Crippen molar-refractivity contribution in [2.75, 3.05) is 50.4 Å². The molecule has 1 fully saturated rings. The number of pyridine rings is 1. The summed E-state index contributed by atoms with van der Waals surface area (Å²) in [7, 11) is 3.73. The maximum Gasteiger partial charge on any atom is 0.341 e. The van der Waals surface area contributed by atoms with Gasteiger partial charge in [-0.25, -0.2) is 9.18 Å². The average molecular weight is 376 g/mol. The van der Waals surface area contributed by atoms with Crippen LogP contribution >= 0.6 is 0 Å². The molecule has 3 heterocycles. The van der Waals surface area contributed by atoms with Crippen molar-refractivity contribution in [3.8, 4) is 5.75 Å². The number of hydrogen-bond donors (Lipinski definition) is 1. The Morgan fingerprint density at radius 3 is 2.74 bits per heavy atom. The van der Waals surface area contributed by atoms with Gasteiger partial charge >= 0.3 is 5.97 Å². The predicted octanol–water partition coefficient (Wildman–Crippen LogP) is 0.897. The summed E-state index contributed by atoms with van der Waals surface area (Å²) in [4.78, 5) is 28.2. The first-order valence-corrected chi connectivity index (χ1v) is 8.74. The van der Waals surface area contributed by atoms with Crippen LogP contribution in [0.1, 0.15) is 17.3 Å².